The number of carbonyl (C=O) groups excluding carboxylic acids is 1. The molecule has 4 saturated carbocycles. The molecule has 5 fully saturated rings. The molecule has 0 spiro atoms. The zero-order chi connectivity index (χ0) is 24.0. The number of anilines is 2. The Bertz CT molecular complexity index is 1060. The molecule has 2 heterocycles. The molecule has 6 heteroatoms. The second-order valence-corrected chi connectivity index (χ2v) is 12.1. The Labute approximate surface area is 208 Å². The van der Waals surface area contributed by atoms with Crippen LogP contribution in [-0.4, -0.2) is 48.3 Å². The molecule has 6 nitrogen and oxygen atoms in total. The van der Waals surface area contributed by atoms with Gasteiger partial charge in [-0.3, -0.25) is 4.79 Å². The Balaban J connectivity index is 1.16. The Morgan fingerprint density at radius 2 is 1.74 bits per heavy atom. The largest absolute Gasteiger partial charge is 0.395 e. The molecule has 3 N–H and O–H groups in total. The number of carbonyl (C=O) groups is 1. The molecule has 5 aliphatic rings. The van der Waals surface area contributed by atoms with Crippen LogP contribution in [0.25, 0.3) is 10.9 Å². The molecule has 1 saturated heterocycles. The van der Waals surface area contributed by atoms with Crippen molar-refractivity contribution in [2.24, 2.45) is 23.2 Å². The second kappa shape index (κ2) is 9.36. The SMILES string of the molecule is Cc1ccc2nc(N3CCC(NCCO)CC3)ccc2c1NC(=O)CC12CC3CC(CC(C3)C1)C2. The van der Waals surface area contributed by atoms with Gasteiger partial charge < -0.3 is 20.6 Å². The fourth-order valence-electron chi connectivity index (χ4n) is 8.26. The van der Waals surface area contributed by atoms with Crippen LogP contribution in [0.3, 0.4) is 0 Å². The summed E-state index contributed by atoms with van der Waals surface area (Å²) in [6.07, 6.45) is 10.8. The summed E-state index contributed by atoms with van der Waals surface area (Å²) >= 11 is 0. The van der Waals surface area contributed by atoms with E-state index in [-0.39, 0.29) is 17.9 Å². The first kappa shape index (κ1) is 23.2. The summed E-state index contributed by atoms with van der Waals surface area (Å²) in [6.45, 7) is 4.85. The predicted molar refractivity (Wildman–Crippen MR) is 141 cm³/mol. The summed E-state index contributed by atoms with van der Waals surface area (Å²) in [5.41, 5.74) is 3.23. The zero-order valence-corrected chi connectivity index (χ0v) is 21.1. The molecule has 1 amide bonds. The fraction of sp³-hybridized carbons (Fsp3) is 0.655. The first-order chi connectivity index (χ1) is 17.0. The Morgan fingerprint density at radius 3 is 2.40 bits per heavy atom. The summed E-state index contributed by atoms with van der Waals surface area (Å²) in [4.78, 5) is 20.7. The third-order valence-electron chi connectivity index (χ3n) is 9.39. The number of rotatable bonds is 7. The van der Waals surface area contributed by atoms with Crippen molar-refractivity contribution in [1.82, 2.24) is 10.3 Å². The molecule has 0 atom stereocenters. The highest BCUT2D eigenvalue weighted by Gasteiger charge is 2.51. The van der Waals surface area contributed by atoms with E-state index in [4.69, 9.17) is 10.1 Å². The number of hydrogen-bond donors (Lipinski definition) is 3. The summed E-state index contributed by atoms with van der Waals surface area (Å²) < 4.78 is 0. The smallest absolute Gasteiger partial charge is 0.224 e. The number of fused-ring (bicyclic) bond motifs is 1. The molecule has 2 aromatic rings. The number of aromatic nitrogens is 1. The predicted octanol–water partition coefficient (Wildman–Crippen LogP) is 4.64. The lowest BCUT2D eigenvalue weighted by molar-refractivity contribution is -0.124. The highest BCUT2D eigenvalue weighted by atomic mass is 16.3. The lowest BCUT2D eigenvalue weighted by Crippen LogP contribution is -2.47. The van der Waals surface area contributed by atoms with Crippen molar-refractivity contribution in [3.8, 4) is 0 Å². The van der Waals surface area contributed by atoms with Crippen molar-refractivity contribution in [2.45, 2.75) is 70.8 Å². The standard InChI is InChI=1S/C29H40N4O2/c1-19-2-4-25-24(3-5-26(31-25)33-9-6-23(7-10-33)30-8-11-34)28(19)32-27(35)18-29-15-20-12-21(16-29)14-22(13-20)17-29/h2-5,20-23,30,34H,6-18H2,1H3,(H,32,35). The van der Waals surface area contributed by atoms with Gasteiger partial charge in [0, 0.05) is 37.5 Å². The van der Waals surface area contributed by atoms with E-state index < -0.39 is 0 Å². The van der Waals surface area contributed by atoms with E-state index in [1.807, 2.05) is 0 Å². The van der Waals surface area contributed by atoms with E-state index in [2.05, 4.69) is 46.7 Å². The number of aryl methyl sites for hydroxylation is 1. The van der Waals surface area contributed by atoms with Crippen molar-refractivity contribution in [3.63, 3.8) is 0 Å². The fourth-order valence-corrected chi connectivity index (χ4v) is 8.26. The lowest BCUT2D eigenvalue weighted by Gasteiger charge is -2.56. The minimum absolute atomic E-state index is 0.184. The van der Waals surface area contributed by atoms with E-state index in [1.54, 1.807) is 0 Å². The first-order valence-corrected chi connectivity index (χ1v) is 13.8. The van der Waals surface area contributed by atoms with Crippen LogP contribution in [0.1, 0.15) is 63.4 Å². The molecular formula is C29H40N4O2. The van der Waals surface area contributed by atoms with Crippen molar-refractivity contribution >= 4 is 28.3 Å². The molecule has 4 aliphatic carbocycles. The van der Waals surface area contributed by atoms with Gasteiger partial charge >= 0.3 is 0 Å². The van der Waals surface area contributed by atoms with Crippen LogP contribution in [0.15, 0.2) is 24.3 Å². The van der Waals surface area contributed by atoms with E-state index >= 15 is 0 Å². The average molecular weight is 477 g/mol. The minimum Gasteiger partial charge on any atom is -0.395 e. The van der Waals surface area contributed by atoms with Gasteiger partial charge in [0.1, 0.15) is 5.82 Å². The zero-order valence-electron chi connectivity index (χ0n) is 21.1. The molecule has 4 bridgehead atoms. The van der Waals surface area contributed by atoms with Crippen LogP contribution < -0.4 is 15.5 Å². The average Bonchev–Trinajstić information content (AvgIpc) is 2.83. The third kappa shape index (κ3) is 4.67. The quantitative estimate of drug-likeness (QED) is 0.543. The lowest BCUT2D eigenvalue weighted by atomic mass is 9.49. The van der Waals surface area contributed by atoms with Crippen LogP contribution in [0.2, 0.25) is 0 Å². The maximum Gasteiger partial charge on any atom is 0.224 e. The number of aliphatic hydroxyl groups excluding tert-OH is 1. The number of pyridine rings is 1. The molecule has 7 rings (SSSR count). The van der Waals surface area contributed by atoms with Crippen LogP contribution in [0, 0.1) is 30.1 Å². The topological polar surface area (TPSA) is 77.5 Å². The van der Waals surface area contributed by atoms with Gasteiger partial charge in [-0.25, -0.2) is 4.98 Å². The van der Waals surface area contributed by atoms with Gasteiger partial charge in [-0.1, -0.05) is 6.07 Å². The maximum absolute atomic E-state index is 13.4. The Kier molecular flexibility index (Phi) is 6.21. The molecule has 188 valence electrons. The van der Waals surface area contributed by atoms with Crippen molar-refractivity contribution in [3.05, 3.63) is 29.8 Å². The number of aliphatic hydroxyl groups is 1. The highest BCUT2D eigenvalue weighted by Crippen LogP contribution is 2.61. The molecule has 1 aliphatic heterocycles. The summed E-state index contributed by atoms with van der Waals surface area (Å²) in [6, 6.07) is 8.89. The van der Waals surface area contributed by atoms with Crippen molar-refractivity contribution in [1.29, 1.82) is 0 Å². The Morgan fingerprint density at radius 1 is 1.06 bits per heavy atom. The van der Waals surface area contributed by atoms with Crippen LogP contribution >= 0.6 is 0 Å². The molecule has 0 radical (unpaired) electrons. The van der Waals surface area contributed by atoms with Gasteiger partial charge in [0.05, 0.1) is 17.8 Å². The van der Waals surface area contributed by atoms with Crippen LogP contribution in [-0.2, 0) is 4.79 Å². The molecule has 0 unspecified atom stereocenters. The number of amides is 1. The van der Waals surface area contributed by atoms with Gasteiger partial charge in [0.25, 0.3) is 0 Å². The second-order valence-electron chi connectivity index (χ2n) is 12.1. The van der Waals surface area contributed by atoms with Crippen LogP contribution in [0.5, 0.6) is 0 Å². The first-order valence-electron chi connectivity index (χ1n) is 13.8. The number of hydrogen-bond acceptors (Lipinski definition) is 5. The van der Waals surface area contributed by atoms with Crippen LogP contribution in [0.4, 0.5) is 11.5 Å². The Hall–Kier alpha value is -2.18. The van der Waals surface area contributed by atoms with E-state index in [9.17, 15) is 4.79 Å². The van der Waals surface area contributed by atoms with E-state index in [0.29, 0.717) is 19.0 Å². The van der Waals surface area contributed by atoms with Crippen molar-refractivity contribution < 1.29 is 9.90 Å². The molecular weight excluding hydrogens is 436 g/mol. The van der Waals surface area contributed by atoms with Crippen molar-refractivity contribution in [2.75, 3.05) is 36.5 Å². The number of nitrogens with one attached hydrogen (secondary N) is 2. The number of piperidine rings is 1. The van der Waals surface area contributed by atoms with Gasteiger partial charge in [-0.2, -0.15) is 0 Å². The summed E-state index contributed by atoms with van der Waals surface area (Å²) in [7, 11) is 0. The molecule has 35 heavy (non-hydrogen) atoms. The maximum atomic E-state index is 13.4. The molecule has 1 aromatic heterocycles. The normalized spacial score (nSPS) is 30.2. The minimum atomic E-state index is 0.184. The van der Waals surface area contributed by atoms with E-state index in [1.165, 1.54) is 38.5 Å². The highest BCUT2D eigenvalue weighted by molar-refractivity contribution is 6.02. The number of nitrogens with zero attached hydrogens (tertiary/aromatic N) is 2. The van der Waals surface area contributed by atoms with Gasteiger partial charge in [-0.15, -0.1) is 0 Å². The number of benzene rings is 1. The summed E-state index contributed by atoms with van der Waals surface area (Å²) in [5, 5.41) is 16.8. The monoisotopic (exact) mass is 476 g/mol. The summed E-state index contributed by atoms with van der Waals surface area (Å²) in [5.74, 6) is 3.79. The van der Waals surface area contributed by atoms with Gasteiger partial charge in [0.15, 0.2) is 0 Å². The third-order valence-corrected chi connectivity index (χ3v) is 9.39. The van der Waals surface area contributed by atoms with Gasteiger partial charge in [-0.05, 0) is 105 Å². The van der Waals surface area contributed by atoms with Gasteiger partial charge in [0.2, 0.25) is 5.91 Å². The molecule has 1 aromatic carbocycles. The van der Waals surface area contributed by atoms with E-state index in [0.717, 1.165) is 71.7 Å².